The number of rotatable bonds is 5. The van der Waals surface area contributed by atoms with Crippen LogP contribution in [0.15, 0.2) is 18.2 Å². The fourth-order valence-corrected chi connectivity index (χ4v) is 4.33. The Morgan fingerprint density at radius 1 is 1.33 bits per heavy atom. The van der Waals surface area contributed by atoms with Gasteiger partial charge in [-0.1, -0.05) is 34.5 Å². The van der Waals surface area contributed by atoms with Gasteiger partial charge in [0.2, 0.25) is 5.91 Å². The first kappa shape index (κ1) is 18.5. The zero-order valence-electron chi connectivity index (χ0n) is 14.3. The molecule has 2 heterocycles. The van der Waals surface area contributed by atoms with Gasteiger partial charge in [0.15, 0.2) is 11.7 Å². The molecule has 1 N–H and O–H groups in total. The van der Waals surface area contributed by atoms with Gasteiger partial charge >= 0.3 is 0 Å². The van der Waals surface area contributed by atoms with E-state index >= 15 is 0 Å². The van der Waals surface area contributed by atoms with Crippen molar-refractivity contribution in [3.63, 3.8) is 0 Å². The lowest BCUT2D eigenvalue weighted by Gasteiger charge is -2.26. The predicted molar refractivity (Wildman–Crippen MR) is 105 cm³/mol. The number of anilines is 1. The molecule has 2 aromatic rings. The molecule has 1 aromatic carbocycles. The summed E-state index contributed by atoms with van der Waals surface area (Å²) in [6, 6.07) is 4.88. The van der Waals surface area contributed by atoms with Crippen molar-refractivity contribution in [2.24, 2.45) is 5.92 Å². The maximum absolute atomic E-state index is 12.5. The van der Waals surface area contributed by atoms with E-state index in [0.717, 1.165) is 23.4 Å². The molecule has 1 saturated carbocycles. The van der Waals surface area contributed by atoms with Crippen LogP contribution in [0, 0.1) is 5.92 Å². The van der Waals surface area contributed by atoms with Gasteiger partial charge in [0, 0.05) is 28.8 Å². The minimum atomic E-state index is -0.122. The van der Waals surface area contributed by atoms with Gasteiger partial charge in [-0.15, -0.1) is 0 Å². The number of carbonyl (C=O) groups is 2. The van der Waals surface area contributed by atoms with E-state index in [4.69, 9.17) is 27.9 Å². The summed E-state index contributed by atoms with van der Waals surface area (Å²) in [6.07, 6.45) is 2.58. The average molecular weight is 426 g/mol. The van der Waals surface area contributed by atoms with Gasteiger partial charge in [0.1, 0.15) is 5.75 Å². The van der Waals surface area contributed by atoms with Crippen LogP contribution in [0.1, 0.15) is 23.4 Å². The standard InChI is InChI=1S/C18H17Cl2N3O3S/c19-11-3-4-14(12(20)7-11)26-9-16(24)23-6-5-13-15(8-23)27-18(21-13)22-17(25)10-1-2-10/h3-4,7,10H,1-2,5-6,8-9H2,(H,21,22,25). The van der Waals surface area contributed by atoms with Crippen LogP contribution in [0.5, 0.6) is 5.75 Å². The summed E-state index contributed by atoms with van der Waals surface area (Å²) >= 11 is 13.4. The van der Waals surface area contributed by atoms with Gasteiger partial charge in [-0.05, 0) is 31.0 Å². The van der Waals surface area contributed by atoms with Crippen molar-refractivity contribution in [2.45, 2.75) is 25.8 Å². The Kier molecular flexibility index (Phi) is 5.25. The molecule has 0 radical (unpaired) electrons. The molecule has 2 aliphatic rings. The monoisotopic (exact) mass is 425 g/mol. The molecule has 4 rings (SSSR count). The normalized spacial score (nSPS) is 16.0. The summed E-state index contributed by atoms with van der Waals surface area (Å²) in [4.78, 5) is 31.6. The highest BCUT2D eigenvalue weighted by atomic mass is 35.5. The largest absolute Gasteiger partial charge is 0.482 e. The van der Waals surface area contributed by atoms with Crippen LogP contribution in [0.2, 0.25) is 10.0 Å². The zero-order valence-corrected chi connectivity index (χ0v) is 16.7. The van der Waals surface area contributed by atoms with Crippen molar-refractivity contribution >= 4 is 51.5 Å². The number of fused-ring (bicyclic) bond motifs is 1. The fourth-order valence-electron chi connectivity index (χ4n) is 2.84. The molecule has 1 aliphatic carbocycles. The van der Waals surface area contributed by atoms with Crippen molar-refractivity contribution in [3.8, 4) is 5.75 Å². The number of halogens is 2. The summed E-state index contributed by atoms with van der Waals surface area (Å²) in [5.74, 6) is 0.488. The van der Waals surface area contributed by atoms with Crippen molar-refractivity contribution in [3.05, 3.63) is 38.8 Å². The molecule has 9 heteroatoms. The predicted octanol–water partition coefficient (Wildman–Crippen LogP) is 3.76. The second kappa shape index (κ2) is 7.66. The lowest BCUT2D eigenvalue weighted by molar-refractivity contribution is -0.134. The topological polar surface area (TPSA) is 71.5 Å². The van der Waals surface area contributed by atoms with Crippen LogP contribution in [-0.2, 0) is 22.6 Å². The lowest BCUT2D eigenvalue weighted by Crippen LogP contribution is -2.38. The molecule has 142 valence electrons. The molecule has 6 nitrogen and oxygen atoms in total. The molecule has 0 atom stereocenters. The van der Waals surface area contributed by atoms with E-state index in [0.29, 0.717) is 40.4 Å². The Balaban J connectivity index is 1.35. The number of nitrogens with zero attached hydrogens (tertiary/aromatic N) is 2. The van der Waals surface area contributed by atoms with Gasteiger partial charge in [0.05, 0.1) is 17.3 Å². The number of amides is 2. The number of aromatic nitrogens is 1. The molecule has 1 aromatic heterocycles. The van der Waals surface area contributed by atoms with Gasteiger partial charge in [0.25, 0.3) is 5.91 Å². The molecule has 0 spiro atoms. The lowest BCUT2D eigenvalue weighted by atomic mass is 10.2. The maximum Gasteiger partial charge on any atom is 0.260 e. The molecule has 27 heavy (non-hydrogen) atoms. The minimum absolute atomic E-state index is 0.0438. The minimum Gasteiger partial charge on any atom is -0.482 e. The molecular formula is C18H17Cl2N3O3S. The van der Waals surface area contributed by atoms with Crippen LogP contribution < -0.4 is 10.1 Å². The molecule has 1 aliphatic heterocycles. The van der Waals surface area contributed by atoms with Crippen LogP contribution in [0.4, 0.5) is 5.13 Å². The second-order valence-corrected chi connectivity index (χ2v) is 8.51. The first-order valence-electron chi connectivity index (χ1n) is 8.64. The molecule has 0 unspecified atom stereocenters. The van der Waals surface area contributed by atoms with Gasteiger partial charge in [-0.25, -0.2) is 4.98 Å². The number of thiazole rings is 1. The Morgan fingerprint density at radius 3 is 2.89 bits per heavy atom. The highest BCUT2D eigenvalue weighted by molar-refractivity contribution is 7.15. The number of carbonyl (C=O) groups excluding carboxylic acids is 2. The van der Waals surface area contributed by atoms with Gasteiger partial charge in [-0.3, -0.25) is 9.59 Å². The SMILES string of the molecule is O=C(Nc1nc2c(s1)CN(C(=O)COc1ccc(Cl)cc1Cl)CC2)C1CC1. The van der Waals surface area contributed by atoms with Crippen molar-refractivity contribution in [1.82, 2.24) is 9.88 Å². The van der Waals surface area contributed by atoms with E-state index in [-0.39, 0.29) is 24.3 Å². The Morgan fingerprint density at radius 2 is 2.15 bits per heavy atom. The number of hydrogen-bond donors (Lipinski definition) is 1. The first-order chi connectivity index (χ1) is 13.0. The molecular weight excluding hydrogens is 409 g/mol. The van der Waals surface area contributed by atoms with E-state index in [1.807, 2.05) is 0 Å². The number of nitrogens with one attached hydrogen (secondary N) is 1. The summed E-state index contributed by atoms with van der Waals surface area (Å²) in [5, 5.41) is 4.38. The Bertz CT molecular complexity index is 898. The maximum atomic E-state index is 12.5. The van der Waals surface area contributed by atoms with E-state index in [9.17, 15) is 9.59 Å². The van der Waals surface area contributed by atoms with Crippen molar-refractivity contribution < 1.29 is 14.3 Å². The second-order valence-electron chi connectivity index (χ2n) is 6.58. The number of hydrogen-bond acceptors (Lipinski definition) is 5. The third-order valence-electron chi connectivity index (χ3n) is 4.51. The van der Waals surface area contributed by atoms with Crippen LogP contribution in [0.25, 0.3) is 0 Å². The third kappa shape index (κ3) is 4.36. The summed E-state index contributed by atoms with van der Waals surface area (Å²) in [7, 11) is 0. The highest BCUT2D eigenvalue weighted by Gasteiger charge is 2.31. The molecule has 0 bridgehead atoms. The van der Waals surface area contributed by atoms with E-state index in [1.54, 1.807) is 23.1 Å². The third-order valence-corrected chi connectivity index (χ3v) is 6.04. The van der Waals surface area contributed by atoms with Crippen LogP contribution in [-0.4, -0.2) is 34.8 Å². The fraction of sp³-hybridized carbons (Fsp3) is 0.389. The number of ether oxygens (including phenoxy) is 1. The zero-order chi connectivity index (χ0) is 19.0. The summed E-state index contributed by atoms with van der Waals surface area (Å²) in [6.45, 7) is 0.951. The molecule has 2 amide bonds. The molecule has 1 fully saturated rings. The van der Waals surface area contributed by atoms with Gasteiger partial charge < -0.3 is 15.0 Å². The Labute approximate surface area is 170 Å². The average Bonchev–Trinajstić information content (AvgIpc) is 3.41. The summed E-state index contributed by atoms with van der Waals surface area (Å²) in [5.41, 5.74) is 0.955. The molecule has 0 saturated heterocycles. The van der Waals surface area contributed by atoms with E-state index in [2.05, 4.69) is 10.3 Å². The van der Waals surface area contributed by atoms with Crippen LogP contribution >= 0.6 is 34.5 Å². The van der Waals surface area contributed by atoms with Crippen molar-refractivity contribution in [1.29, 1.82) is 0 Å². The number of benzene rings is 1. The Hall–Kier alpha value is -1.83. The van der Waals surface area contributed by atoms with Gasteiger partial charge in [-0.2, -0.15) is 0 Å². The van der Waals surface area contributed by atoms with Crippen molar-refractivity contribution in [2.75, 3.05) is 18.5 Å². The van der Waals surface area contributed by atoms with E-state index in [1.165, 1.54) is 11.3 Å². The van der Waals surface area contributed by atoms with E-state index < -0.39 is 0 Å². The smallest absolute Gasteiger partial charge is 0.260 e. The quantitative estimate of drug-likeness (QED) is 0.791. The van der Waals surface area contributed by atoms with Crippen LogP contribution in [0.3, 0.4) is 0 Å². The summed E-state index contributed by atoms with van der Waals surface area (Å²) < 4.78 is 5.53. The highest BCUT2D eigenvalue weighted by Crippen LogP contribution is 2.33. The first-order valence-corrected chi connectivity index (χ1v) is 10.2.